The van der Waals surface area contributed by atoms with Gasteiger partial charge < -0.3 is 0 Å². The molecule has 156 valence electrons. The van der Waals surface area contributed by atoms with E-state index >= 15 is 0 Å². The second-order valence-corrected chi connectivity index (χ2v) is 10.5. The first-order chi connectivity index (χ1) is 14.3. The highest BCUT2D eigenvalue weighted by atomic mass is 35.5. The van der Waals surface area contributed by atoms with Crippen molar-refractivity contribution in [2.45, 2.75) is 41.2 Å². The van der Waals surface area contributed by atoms with E-state index in [1.54, 1.807) is 0 Å². The van der Waals surface area contributed by atoms with Crippen LogP contribution in [0.15, 0.2) is 77.7 Å². The molecular formula is C24H21ClF2O2S. The van der Waals surface area contributed by atoms with Gasteiger partial charge in [0.15, 0.2) is 9.84 Å². The fraction of sp³-hybridized carbons (Fsp3) is 0.250. The standard InChI is InChI=1S/C24H21ClF2O2S/c25-19-6-9-21(10-7-19)30(28,29)24(22-16-20(26)8-11-23(22)27)14-12-18(13-15-24)17-4-2-1-3-5-17/h1-11,16,18H,12-15H2/t18-,24+. The molecule has 0 spiro atoms. The van der Waals surface area contributed by atoms with Gasteiger partial charge in [-0.2, -0.15) is 0 Å². The molecule has 0 saturated heterocycles. The van der Waals surface area contributed by atoms with Crippen molar-refractivity contribution >= 4 is 21.4 Å². The molecule has 0 bridgehead atoms. The number of hydrogen-bond acceptors (Lipinski definition) is 2. The summed E-state index contributed by atoms with van der Waals surface area (Å²) in [7, 11) is -4.00. The number of halogens is 3. The second kappa shape index (κ2) is 8.12. The van der Waals surface area contributed by atoms with Gasteiger partial charge in [0.1, 0.15) is 16.4 Å². The third-order valence-electron chi connectivity index (χ3n) is 6.12. The number of rotatable bonds is 4. The molecule has 3 aromatic rings. The Morgan fingerprint density at radius 1 is 0.867 bits per heavy atom. The maximum absolute atomic E-state index is 14.9. The number of sulfone groups is 1. The van der Waals surface area contributed by atoms with Gasteiger partial charge in [0, 0.05) is 10.6 Å². The van der Waals surface area contributed by atoms with E-state index in [1.807, 2.05) is 30.3 Å². The Bertz CT molecular complexity index is 1140. The third-order valence-corrected chi connectivity index (χ3v) is 8.92. The first-order valence-corrected chi connectivity index (χ1v) is 11.7. The maximum Gasteiger partial charge on any atom is 0.188 e. The molecule has 6 heteroatoms. The monoisotopic (exact) mass is 446 g/mol. The van der Waals surface area contributed by atoms with Gasteiger partial charge in [-0.1, -0.05) is 41.9 Å². The minimum Gasteiger partial charge on any atom is -0.223 e. The van der Waals surface area contributed by atoms with Crippen molar-refractivity contribution in [3.8, 4) is 0 Å². The molecule has 4 rings (SSSR count). The molecule has 2 nitrogen and oxygen atoms in total. The zero-order valence-electron chi connectivity index (χ0n) is 16.2. The molecule has 1 aliphatic rings. The van der Waals surface area contributed by atoms with Crippen LogP contribution in [0, 0.1) is 11.6 Å². The van der Waals surface area contributed by atoms with Gasteiger partial charge in [-0.25, -0.2) is 17.2 Å². The maximum atomic E-state index is 14.9. The minimum atomic E-state index is -4.00. The van der Waals surface area contributed by atoms with Crippen molar-refractivity contribution in [3.05, 3.63) is 101 Å². The van der Waals surface area contributed by atoms with Crippen LogP contribution in [-0.2, 0) is 14.6 Å². The molecule has 0 N–H and O–H groups in total. The summed E-state index contributed by atoms with van der Waals surface area (Å²) >= 11 is 5.93. The van der Waals surface area contributed by atoms with Crippen LogP contribution in [0.5, 0.6) is 0 Å². The van der Waals surface area contributed by atoms with Gasteiger partial charge in [0.25, 0.3) is 0 Å². The average molecular weight is 447 g/mol. The lowest BCUT2D eigenvalue weighted by Crippen LogP contribution is -2.40. The molecule has 0 amide bonds. The quantitative estimate of drug-likeness (QED) is 0.450. The van der Waals surface area contributed by atoms with Crippen molar-refractivity contribution in [2.24, 2.45) is 0 Å². The van der Waals surface area contributed by atoms with E-state index < -0.39 is 26.2 Å². The van der Waals surface area contributed by atoms with Crippen molar-refractivity contribution in [1.29, 1.82) is 0 Å². The lowest BCUT2D eigenvalue weighted by Gasteiger charge is -2.40. The predicted octanol–water partition coefficient (Wildman–Crippen LogP) is 6.65. The van der Waals surface area contributed by atoms with E-state index in [9.17, 15) is 17.2 Å². The average Bonchev–Trinajstić information content (AvgIpc) is 2.76. The molecular weight excluding hydrogens is 426 g/mol. The fourth-order valence-corrected chi connectivity index (χ4v) is 6.80. The summed E-state index contributed by atoms with van der Waals surface area (Å²) in [6.45, 7) is 0. The predicted molar refractivity (Wildman–Crippen MR) is 114 cm³/mol. The van der Waals surface area contributed by atoms with Crippen molar-refractivity contribution in [1.82, 2.24) is 0 Å². The lowest BCUT2D eigenvalue weighted by molar-refractivity contribution is 0.337. The van der Waals surface area contributed by atoms with Crippen LogP contribution in [-0.4, -0.2) is 8.42 Å². The topological polar surface area (TPSA) is 34.1 Å². The van der Waals surface area contributed by atoms with Crippen LogP contribution >= 0.6 is 11.6 Å². The zero-order valence-corrected chi connectivity index (χ0v) is 17.8. The highest BCUT2D eigenvalue weighted by Gasteiger charge is 2.50. The van der Waals surface area contributed by atoms with Crippen LogP contribution in [0.4, 0.5) is 8.78 Å². The van der Waals surface area contributed by atoms with Crippen molar-refractivity contribution in [3.63, 3.8) is 0 Å². The largest absolute Gasteiger partial charge is 0.223 e. The lowest BCUT2D eigenvalue weighted by atomic mass is 9.75. The first kappa shape index (κ1) is 21.0. The van der Waals surface area contributed by atoms with E-state index in [1.165, 1.54) is 24.3 Å². The van der Waals surface area contributed by atoms with Crippen LogP contribution < -0.4 is 0 Å². The van der Waals surface area contributed by atoms with Crippen LogP contribution in [0.3, 0.4) is 0 Å². The smallest absolute Gasteiger partial charge is 0.188 e. The van der Waals surface area contributed by atoms with Gasteiger partial charge in [-0.15, -0.1) is 0 Å². The Labute approximate surface area is 180 Å². The molecule has 0 heterocycles. The molecule has 30 heavy (non-hydrogen) atoms. The zero-order chi connectivity index (χ0) is 21.4. The third kappa shape index (κ3) is 3.65. The fourth-order valence-electron chi connectivity index (χ4n) is 4.51. The minimum absolute atomic E-state index is 0.0636. The van der Waals surface area contributed by atoms with E-state index in [0.717, 1.165) is 23.8 Å². The number of benzene rings is 3. The Morgan fingerprint density at radius 3 is 2.13 bits per heavy atom. The molecule has 0 radical (unpaired) electrons. The van der Waals surface area contributed by atoms with E-state index in [-0.39, 0.29) is 29.2 Å². The Hall–Kier alpha value is -2.24. The Morgan fingerprint density at radius 2 is 1.50 bits per heavy atom. The Kier molecular flexibility index (Phi) is 5.69. The Balaban J connectivity index is 1.81. The molecule has 1 saturated carbocycles. The summed E-state index contributed by atoms with van der Waals surface area (Å²) in [5.74, 6) is -1.18. The van der Waals surface area contributed by atoms with Crippen molar-refractivity contribution in [2.75, 3.05) is 0 Å². The van der Waals surface area contributed by atoms with E-state index in [4.69, 9.17) is 11.6 Å². The second-order valence-electron chi connectivity index (χ2n) is 7.76. The van der Waals surface area contributed by atoms with Gasteiger partial charge in [-0.3, -0.25) is 0 Å². The molecule has 0 aromatic heterocycles. The highest BCUT2D eigenvalue weighted by Crippen LogP contribution is 2.51. The normalized spacial score (nSPS) is 22.0. The van der Waals surface area contributed by atoms with Crippen molar-refractivity contribution < 1.29 is 17.2 Å². The summed E-state index contributed by atoms with van der Waals surface area (Å²) in [5, 5.41) is 0.410. The summed E-state index contributed by atoms with van der Waals surface area (Å²) in [5.41, 5.74) is 1.04. The van der Waals surface area contributed by atoms with E-state index in [2.05, 4.69) is 0 Å². The van der Waals surface area contributed by atoms with Crippen LogP contribution in [0.2, 0.25) is 5.02 Å². The molecule has 0 unspecified atom stereocenters. The van der Waals surface area contributed by atoms with Gasteiger partial charge in [0.05, 0.1) is 4.90 Å². The molecule has 1 fully saturated rings. The summed E-state index contributed by atoms with van der Waals surface area (Å²) in [4.78, 5) is 0.0636. The first-order valence-electron chi connectivity index (χ1n) is 9.84. The summed E-state index contributed by atoms with van der Waals surface area (Å²) in [6.07, 6.45) is 1.54. The van der Waals surface area contributed by atoms with E-state index in [0.29, 0.717) is 17.9 Å². The molecule has 1 aliphatic carbocycles. The SMILES string of the molecule is O=S(=O)(c1ccc(Cl)cc1)[C@]1(c2cc(F)ccc2F)CC[C@H](c2ccccc2)CC1. The summed E-state index contributed by atoms with van der Waals surface area (Å²) < 4.78 is 55.0. The van der Waals surface area contributed by atoms with Gasteiger partial charge >= 0.3 is 0 Å². The molecule has 3 aromatic carbocycles. The summed E-state index contributed by atoms with van der Waals surface area (Å²) in [6, 6.07) is 18.8. The molecule has 0 atom stereocenters. The van der Waals surface area contributed by atoms with Gasteiger partial charge in [-0.05, 0) is 79.6 Å². The van der Waals surface area contributed by atoms with Crippen LogP contribution in [0.1, 0.15) is 42.7 Å². The number of hydrogen-bond donors (Lipinski definition) is 0. The molecule has 0 aliphatic heterocycles. The highest BCUT2D eigenvalue weighted by molar-refractivity contribution is 7.92. The van der Waals surface area contributed by atoms with Gasteiger partial charge in [0.2, 0.25) is 0 Å². The van der Waals surface area contributed by atoms with Crippen LogP contribution in [0.25, 0.3) is 0 Å².